The molecule has 0 spiro atoms. The summed E-state index contributed by atoms with van der Waals surface area (Å²) in [4.78, 5) is 39.2. The largest absolute Gasteiger partial charge is 1.00 e. The zero-order chi connectivity index (χ0) is 13.3. The number of aromatic nitrogens is 1. The quantitative estimate of drug-likeness (QED) is 0.290. The minimum Gasteiger partial charge on any atom is -1.00 e. The third-order valence-electron chi connectivity index (χ3n) is 2.02. The van der Waals surface area contributed by atoms with Gasteiger partial charge in [-0.3, -0.25) is 14.1 Å². The summed E-state index contributed by atoms with van der Waals surface area (Å²) >= 11 is 0. The number of hydrogen-bond donors (Lipinski definition) is 5. The Balaban J connectivity index is 0. The molecule has 0 bridgehead atoms. The summed E-state index contributed by atoms with van der Waals surface area (Å²) in [5, 5.41) is 9.35. The number of aliphatic hydroxyl groups is 1. The van der Waals surface area contributed by atoms with Crippen LogP contribution in [0.25, 0.3) is 0 Å². The fourth-order valence-electron chi connectivity index (χ4n) is 1.27. The van der Waals surface area contributed by atoms with E-state index < -0.39 is 26.7 Å². The first-order chi connectivity index (χ1) is 7.64. The van der Waals surface area contributed by atoms with Gasteiger partial charge in [-0.2, -0.15) is 0 Å². The number of pyridine rings is 1. The Morgan fingerprint density at radius 1 is 1.17 bits per heavy atom. The summed E-state index contributed by atoms with van der Waals surface area (Å²) in [5.41, 5.74) is -2.14. The molecule has 0 amide bonds. The Kier molecular flexibility index (Phi) is 6.87. The molecule has 2 atom stereocenters. The molecule has 1 aromatic rings. The predicted octanol–water partition coefficient (Wildman–Crippen LogP) is -3.09. The molecule has 1 rings (SSSR count). The molecule has 2 unspecified atom stereocenters. The van der Waals surface area contributed by atoms with Crippen LogP contribution in [0.5, 0.6) is 0 Å². The van der Waals surface area contributed by atoms with Crippen molar-refractivity contribution in [2.75, 3.05) is 0 Å². The molecule has 0 aliphatic carbocycles. The maximum Gasteiger partial charge on any atom is 1.00 e. The summed E-state index contributed by atoms with van der Waals surface area (Å²) in [6.07, 6.45) is 2.35. The van der Waals surface area contributed by atoms with Gasteiger partial charge >= 0.3 is 44.7 Å². The van der Waals surface area contributed by atoms with Crippen LogP contribution < -0.4 is 29.6 Å². The zero-order valence-electron chi connectivity index (χ0n) is 10.4. The predicted molar refractivity (Wildman–Crippen MR) is 58.2 cm³/mol. The second-order valence-electron chi connectivity index (χ2n) is 3.32. The summed E-state index contributed by atoms with van der Waals surface area (Å²) in [6.45, 7) is 0. The van der Waals surface area contributed by atoms with Gasteiger partial charge < -0.3 is 26.1 Å². The van der Waals surface area contributed by atoms with Crippen molar-refractivity contribution in [2.45, 2.75) is 11.5 Å². The Morgan fingerprint density at radius 3 is 2.06 bits per heavy atom. The molecule has 5 N–H and O–H groups in total. The first-order valence-electron chi connectivity index (χ1n) is 4.32. The first-order valence-corrected chi connectivity index (χ1v) is 7.69. The van der Waals surface area contributed by atoms with Crippen LogP contribution in [0.4, 0.5) is 0 Å². The summed E-state index contributed by atoms with van der Waals surface area (Å²) in [5.74, 6) is -2.48. The molecule has 98 valence electrons. The van der Waals surface area contributed by atoms with Crippen molar-refractivity contribution >= 4 is 15.2 Å². The van der Waals surface area contributed by atoms with Crippen molar-refractivity contribution in [1.82, 2.24) is 4.98 Å². The van der Waals surface area contributed by atoms with Gasteiger partial charge in [0, 0.05) is 12.4 Å². The molecule has 0 radical (unpaired) electrons. The van der Waals surface area contributed by atoms with E-state index >= 15 is 0 Å². The SMILES string of the molecule is O=P(O)(O)C(O)C(c1cccnc1)P(=O)(O)O.[H-].[Na+]. The van der Waals surface area contributed by atoms with Crippen LogP contribution in [0.3, 0.4) is 0 Å². The summed E-state index contributed by atoms with van der Waals surface area (Å²) in [6, 6.07) is 2.56. The maximum atomic E-state index is 11.2. The van der Waals surface area contributed by atoms with E-state index in [0.29, 0.717) is 0 Å². The van der Waals surface area contributed by atoms with Crippen molar-refractivity contribution in [2.24, 2.45) is 0 Å². The van der Waals surface area contributed by atoms with E-state index in [1.807, 2.05) is 0 Å². The Morgan fingerprint density at radius 2 is 1.72 bits per heavy atom. The van der Waals surface area contributed by atoms with Crippen LogP contribution in [-0.2, 0) is 9.13 Å². The van der Waals surface area contributed by atoms with Gasteiger partial charge in [-0.25, -0.2) is 0 Å². The number of rotatable bonds is 4. The minimum absolute atomic E-state index is 0. The van der Waals surface area contributed by atoms with E-state index in [0.717, 1.165) is 6.20 Å². The molecule has 0 aliphatic heterocycles. The minimum atomic E-state index is -5.04. The smallest absolute Gasteiger partial charge is 1.00 e. The molecule has 1 aromatic heterocycles. The summed E-state index contributed by atoms with van der Waals surface area (Å²) < 4.78 is 22.1. The normalized spacial score (nSPS) is 15.6. The van der Waals surface area contributed by atoms with E-state index in [1.165, 1.54) is 18.3 Å². The molecular weight excluding hydrogens is 295 g/mol. The van der Waals surface area contributed by atoms with Crippen molar-refractivity contribution in [3.63, 3.8) is 0 Å². The average molecular weight is 307 g/mol. The monoisotopic (exact) mass is 307 g/mol. The second-order valence-corrected chi connectivity index (χ2v) is 6.76. The van der Waals surface area contributed by atoms with Gasteiger partial charge in [-0.15, -0.1) is 0 Å². The van der Waals surface area contributed by atoms with Crippen LogP contribution in [0.1, 0.15) is 12.6 Å². The van der Waals surface area contributed by atoms with E-state index in [9.17, 15) is 14.2 Å². The standard InChI is InChI=1S/C7H11NO7P2.Na.H/c9-7(17(13,14)15)6(16(10,11)12)5-2-1-3-8-4-5;;/h1-4,6-7,9H,(H2,10,11,12)(H2,13,14,15);;/q;+1;-1. The molecule has 0 fully saturated rings. The van der Waals surface area contributed by atoms with Gasteiger partial charge in [0.15, 0.2) is 5.85 Å². The van der Waals surface area contributed by atoms with E-state index in [1.54, 1.807) is 0 Å². The number of nitrogens with zero attached hydrogens (tertiary/aromatic N) is 1. The molecule has 0 saturated heterocycles. The van der Waals surface area contributed by atoms with Gasteiger partial charge in [0.1, 0.15) is 5.66 Å². The van der Waals surface area contributed by atoms with Gasteiger partial charge in [-0.1, -0.05) is 6.07 Å². The van der Waals surface area contributed by atoms with Crippen LogP contribution in [0.2, 0.25) is 0 Å². The average Bonchev–Trinajstić information content (AvgIpc) is 2.15. The zero-order valence-corrected chi connectivity index (χ0v) is 13.1. The van der Waals surface area contributed by atoms with Crippen molar-refractivity contribution in [1.29, 1.82) is 0 Å². The third kappa shape index (κ3) is 4.83. The molecule has 1 heterocycles. The Labute approximate surface area is 126 Å². The molecule has 11 heteroatoms. The second kappa shape index (κ2) is 6.72. The van der Waals surface area contributed by atoms with Gasteiger partial charge in [0.2, 0.25) is 0 Å². The van der Waals surface area contributed by atoms with Crippen LogP contribution in [-0.4, -0.2) is 35.5 Å². The van der Waals surface area contributed by atoms with Crippen LogP contribution in [0.15, 0.2) is 24.5 Å². The van der Waals surface area contributed by atoms with Crippen molar-refractivity contribution < 1.29 is 64.8 Å². The molecule has 0 aliphatic rings. The fourth-order valence-corrected chi connectivity index (χ4v) is 3.75. The van der Waals surface area contributed by atoms with E-state index in [2.05, 4.69) is 4.98 Å². The van der Waals surface area contributed by atoms with E-state index in [-0.39, 0.29) is 36.5 Å². The molecule has 18 heavy (non-hydrogen) atoms. The molecular formula is C7H12NNaO7P2. The number of aliphatic hydroxyl groups excluding tert-OH is 1. The van der Waals surface area contributed by atoms with Gasteiger partial charge in [0.05, 0.1) is 0 Å². The van der Waals surface area contributed by atoms with Crippen molar-refractivity contribution in [3.8, 4) is 0 Å². The number of hydrogen-bond acceptors (Lipinski definition) is 4. The van der Waals surface area contributed by atoms with Gasteiger partial charge in [0.25, 0.3) is 0 Å². The maximum absolute atomic E-state index is 11.2. The summed E-state index contributed by atoms with van der Waals surface area (Å²) in [7, 11) is -9.97. The van der Waals surface area contributed by atoms with E-state index in [4.69, 9.17) is 19.6 Å². The Hall–Kier alpha value is 0.410. The van der Waals surface area contributed by atoms with Crippen molar-refractivity contribution in [3.05, 3.63) is 30.1 Å². The molecule has 0 saturated carbocycles. The van der Waals surface area contributed by atoms with Crippen LogP contribution >= 0.6 is 15.2 Å². The fraction of sp³-hybridized carbons (Fsp3) is 0.286. The Bertz CT molecular complexity index is 478. The van der Waals surface area contributed by atoms with Gasteiger partial charge in [-0.05, 0) is 11.6 Å². The first kappa shape index (κ1) is 18.4. The van der Waals surface area contributed by atoms with Crippen LogP contribution in [0, 0.1) is 0 Å². The molecule has 8 nitrogen and oxygen atoms in total. The topological polar surface area (TPSA) is 148 Å². The third-order valence-corrected chi connectivity index (χ3v) is 4.54. The molecule has 0 aromatic carbocycles.